The number of hydrogen-bond donors (Lipinski definition) is 0. The Bertz CT molecular complexity index is 208. The zero-order chi connectivity index (χ0) is 17.7. The molecule has 0 aromatic carbocycles. The van der Waals surface area contributed by atoms with Crippen molar-refractivity contribution in [2.45, 2.75) is 142 Å². The SMILES string of the molecule is [CH2]CCCCCCCCCCCC(C)CCCCCCCCCC. The molecule has 0 spiro atoms. The van der Waals surface area contributed by atoms with Crippen molar-refractivity contribution in [3.05, 3.63) is 6.92 Å². The molecule has 0 aliphatic carbocycles. The molecule has 145 valence electrons. The lowest BCUT2D eigenvalue weighted by Gasteiger charge is -2.11. The van der Waals surface area contributed by atoms with Gasteiger partial charge in [-0.25, -0.2) is 0 Å². The molecule has 1 unspecified atom stereocenters. The van der Waals surface area contributed by atoms with Crippen molar-refractivity contribution in [2.24, 2.45) is 5.92 Å². The van der Waals surface area contributed by atoms with E-state index in [1.54, 1.807) is 0 Å². The first kappa shape index (κ1) is 24.0. The number of rotatable bonds is 20. The van der Waals surface area contributed by atoms with E-state index in [9.17, 15) is 0 Å². The molecule has 0 amide bonds. The number of hydrogen-bond acceptors (Lipinski definition) is 0. The average Bonchev–Trinajstić information content (AvgIpc) is 2.59. The molecule has 0 fully saturated rings. The summed E-state index contributed by atoms with van der Waals surface area (Å²) in [5.74, 6) is 0.966. The first-order valence-electron chi connectivity index (χ1n) is 11.6. The Labute approximate surface area is 155 Å². The van der Waals surface area contributed by atoms with Gasteiger partial charge in [-0.1, -0.05) is 149 Å². The molecule has 0 saturated carbocycles. The highest BCUT2D eigenvalue weighted by atomic mass is 14.1. The van der Waals surface area contributed by atoms with Crippen LogP contribution in [0.1, 0.15) is 142 Å². The Kier molecular flexibility index (Phi) is 21.0. The second-order valence-electron chi connectivity index (χ2n) is 8.19. The third-order valence-electron chi connectivity index (χ3n) is 5.50. The van der Waals surface area contributed by atoms with Gasteiger partial charge in [-0.2, -0.15) is 0 Å². The third kappa shape index (κ3) is 20.0. The molecule has 0 aliphatic heterocycles. The van der Waals surface area contributed by atoms with E-state index in [2.05, 4.69) is 20.8 Å². The summed E-state index contributed by atoms with van der Waals surface area (Å²) in [7, 11) is 0. The molecule has 1 radical (unpaired) electrons. The summed E-state index contributed by atoms with van der Waals surface area (Å²) in [5.41, 5.74) is 0. The molecule has 24 heavy (non-hydrogen) atoms. The van der Waals surface area contributed by atoms with Crippen molar-refractivity contribution in [3.63, 3.8) is 0 Å². The Morgan fingerprint density at radius 3 is 1.21 bits per heavy atom. The lowest BCUT2D eigenvalue weighted by molar-refractivity contribution is 0.430. The van der Waals surface area contributed by atoms with Crippen molar-refractivity contribution in [1.29, 1.82) is 0 Å². The summed E-state index contributed by atoms with van der Waals surface area (Å²) in [5, 5.41) is 0. The monoisotopic (exact) mass is 337 g/mol. The quantitative estimate of drug-likeness (QED) is 0.194. The van der Waals surface area contributed by atoms with Gasteiger partial charge in [-0.3, -0.25) is 0 Å². The van der Waals surface area contributed by atoms with Gasteiger partial charge in [0.2, 0.25) is 0 Å². The van der Waals surface area contributed by atoms with E-state index in [1.165, 1.54) is 122 Å². The Morgan fingerprint density at radius 1 is 0.500 bits per heavy atom. The molecular formula is C24H49. The van der Waals surface area contributed by atoms with Crippen molar-refractivity contribution in [1.82, 2.24) is 0 Å². The van der Waals surface area contributed by atoms with Crippen LogP contribution in [0, 0.1) is 12.8 Å². The molecular weight excluding hydrogens is 288 g/mol. The van der Waals surface area contributed by atoms with E-state index >= 15 is 0 Å². The van der Waals surface area contributed by atoms with Crippen LogP contribution in [-0.4, -0.2) is 0 Å². The molecule has 0 bridgehead atoms. The van der Waals surface area contributed by atoms with E-state index < -0.39 is 0 Å². The van der Waals surface area contributed by atoms with Gasteiger partial charge in [0.15, 0.2) is 0 Å². The minimum Gasteiger partial charge on any atom is -0.0654 e. The van der Waals surface area contributed by atoms with Crippen LogP contribution in [0.2, 0.25) is 0 Å². The normalized spacial score (nSPS) is 12.6. The predicted octanol–water partition coefficient (Wildman–Crippen LogP) is 9.28. The van der Waals surface area contributed by atoms with Crippen LogP contribution >= 0.6 is 0 Å². The molecule has 0 aromatic rings. The summed E-state index contributed by atoms with van der Waals surface area (Å²) in [6.07, 6.45) is 28.7. The first-order valence-corrected chi connectivity index (χ1v) is 11.6. The summed E-state index contributed by atoms with van der Waals surface area (Å²) >= 11 is 0. The van der Waals surface area contributed by atoms with Crippen LogP contribution in [0.15, 0.2) is 0 Å². The lowest BCUT2D eigenvalue weighted by Crippen LogP contribution is -1.95. The fourth-order valence-electron chi connectivity index (χ4n) is 3.68. The standard InChI is InChI=1S/C24H49/c1-4-6-8-10-12-14-15-17-19-21-23-24(3)22-20-18-16-13-11-9-7-5-2/h24H,1,4-23H2,2-3H3. The van der Waals surface area contributed by atoms with Crippen LogP contribution in [0.3, 0.4) is 0 Å². The van der Waals surface area contributed by atoms with Gasteiger partial charge in [-0.05, 0) is 5.92 Å². The zero-order valence-electron chi connectivity index (χ0n) is 17.4. The maximum atomic E-state index is 3.91. The van der Waals surface area contributed by atoms with Crippen LogP contribution in [0.4, 0.5) is 0 Å². The van der Waals surface area contributed by atoms with Gasteiger partial charge in [0.05, 0.1) is 0 Å². The molecule has 0 nitrogen and oxygen atoms in total. The summed E-state index contributed by atoms with van der Waals surface area (Å²) in [4.78, 5) is 0. The van der Waals surface area contributed by atoms with Gasteiger partial charge < -0.3 is 0 Å². The highest BCUT2D eigenvalue weighted by Gasteiger charge is 2.02. The predicted molar refractivity (Wildman–Crippen MR) is 113 cm³/mol. The van der Waals surface area contributed by atoms with E-state index in [4.69, 9.17) is 0 Å². The molecule has 0 saturated heterocycles. The van der Waals surface area contributed by atoms with Crippen molar-refractivity contribution < 1.29 is 0 Å². The molecule has 0 heteroatoms. The van der Waals surface area contributed by atoms with Gasteiger partial charge in [-0.15, -0.1) is 0 Å². The molecule has 1 atom stereocenters. The van der Waals surface area contributed by atoms with Crippen LogP contribution in [-0.2, 0) is 0 Å². The minimum atomic E-state index is 0.966. The van der Waals surface area contributed by atoms with Crippen LogP contribution in [0.25, 0.3) is 0 Å². The van der Waals surface area contributed by atoms with Gasteiger partial charge in [0, 0.05) is 0 Å². The lowest BCUT2D eigenvalue weighted by atomic mass is 9.95. The Morgan fingerprint density at radius 2 is 0.833 bits per heavy atom. The maximum absolute atomic E-state index is 3.91. The van der Waals surface area contributed by atoms with E-state index in [1.807, 2.05) is 0 Å². The Balaban J connectivity index is 3.11. The largest absolute Gasteiger partial charge is 0.0654 e. The van der Waals surface area contributed by atoms with Gasteiger partial charge in [0.25, 0.3) is 0 Å². The van der Waals surface area contributed by atoms with E-state index in [0.29, 0.717) is 0 Å². The van der Waals surface area contributed by atoms with Gasteiger partial charge in [0.1, 0.15) is 0 Å². The molecule has 0 aliphatic rings. The van der Waals surface area contributed by atoms with E-state index in [0.717, 1.165) is 12.3 Å². The molecule has 0 rings (SSSR count). The van der Waals surface area contributed by atoms with Gasteiger partial charge >= 0.3 is 0 Å². The van der Waals surface area contributed by atoms with Crippen LogP contribution < -0.4 is 0 Å². The molecule has 0 heterocycles. The second-order valence-corrected chi connectivity index (χ2v) is 8.19. The molecule has 0 N–H and O–H groups in total. The fraction of sp³-hybridized carbons (Fsp3) is 0.958. The number of unbranched alkanes of at least 4 members (excludes halogenated alkanes) is 16. The van der Waals surface area contributed by atoms with E-state index in [-0.39, 0.29) is 0 Å². The van der Waals surface area contributed by atoms with Crippen molar-refractivity contribution in [2.75, 3.05) is 0 Å². The maximum Gasteiger partial charge on any atom is -0.0443 e. The molecule has 0 aromatic heterocycles. The summed E-state index contributed by atoms with van der Waals surface area (Å²) in [6.45, 7) is 8.68. The smallest absolute Gasteiger partial charge is 0.0443 e. The highest BCUT2D eigenvalue weighted by Crippen LogP contribution is 2.19. The second kappa shape index (κ2) is 21.0. The summed E-state index contributed by atoms with van der Waals surface area (Å²) in [6, 6.07) is 0. The topological polar surface area (TPSA) is 0 Å². The van der Waals surface area contributed by atoms with Crippen molar-refractivity contribution >= 4 is 0 Å². The zero-order valence-corrected chi connectivity index (χ0v) is 17.4. The van der Waals surface area contributed by atoms with Crippen molar-refractivity contribution in [3.8, 4) is 0 Å². The fourth-order valence-corrected chi connectivity index (χ4v) is 3.68. The van der Waals surface area contributed by atoms with Crippen LogP contribution in [0.5, 0.6) is 0 Å². The third-order valence-corrected chi connectivity index (χ3v) is 5.50. The highest BCUT2D eigenvalue weighted by molar-refractivity contribution is 4.56. The summed E-state index contributed by atoms with van der Waals surface area (Å²) < 4.78 is 0. The first-order chi connectivity index (χ1) is 11.8. The average molecular weight is 338 g/mol. The minimum absolute atomic E-state index is 0.966. The Hall–Kier alpha value is 0.